The topological polar surface area (TPSA) is 107 Å². The summed E-state index contributed by atoms with van der Waals surface area (Å²) in [5, 5.41) is 10.8. The lowest BCUT2D eigenvalue weighted by Gasteiger charge is -2.18. The number of nitro benzene ring substituents is 1. The Morgan fingerprint density at radius 2 is 1.77 bits per heavy atom. The van der Waals surface area contributed by atoms with E-state index >= 15 is 0 Å². The molecular weight excluding hydrogens is 428 g/mol. The molecule has 2 aliphatic heterocycles. The fourth-order valence-corrected chi connectivity index (χ4v) is 4.02. The Morgan fingerprint density at radius 3 is 2.47 bits per heavy atom. The highest BCUT2D eigenvalue weighted by atomic mass is 32.2. The summed E-state index contributed by atoms with van der Waals surface area (Å²) in [6.07, 6.45) is 2.62. The van der Waals surface area contributed by atoms with Crippen LogP contribution in [0.3, 0.4) is 0 Å². The number of thiocarbonyl (C=S) groups is 1. The van der Waals surface area contributed by atoms with Crippen molar-refractivity contribution in [1.82, 2.24) is 4.90 Å². The Kier molecular flexibility index (Phi) is 5.02. The summed E-state index contributed by atoms with van der Waals surface area (Å²) in [7, 11) is 0. The number of rotatable bonds is 3. The van der Waals surface area contributed by atoms with Crippen LogP contribution in [0, 0.1) is 10.1 Å². The molecule has 0 unspecified atom stereocenters. The zero-order valence-electron chi connectivity index (χ0n) is 14.9. The SMILES string of the molecule is O=C1Oc2ccccc2C(=O)/C1=C\N1C(=O)/C(=C\c2ccc([N+](=O)[O-])cc2)SC1=S. The Labute approximate surface area is 179 Å². The molecule has 2 aliphatic rings. The lowest BCUT2D eigenvalue weighted by Crippen LogP contribution is -2.30. The summed E-state index contributed by atoms with van der Waals surface area (Å²) in [6.45, 7) is 0. The van der Waals surface area contributed by atoms with Gasteiger partial charge in [-0.15, -0.1) is 0 Å². The van der Waals surface area contributed by atoms with Gasteiger partial charge in [-0.25, -0.2) is 4.79 Å². The highest BCUT2D eigenvalue weighted by Gasteiger charge is 2.36. The van der Waals surface area contributed by atoms with E-state index in [0.29, 0.717) is 5.56 Å². The second-order valence-corrected chi connectivity index (χ2v) is 7.83. The third-order valence-corrected chi connectivity index (χ3v) is 5.61. The molecule has 1 fully saturated rings. The number of amides is 1. The minimum absolute atomic E-state index is 0.0703. The van der Waals surface area contributed by atoms with Gasteiger partial charge in [-0.05, 0) is 35.9 Å². The van der Waals surface area contributed by atoms with Crippen LogP contribution < -0.4 is 4.74 Å². The largest absolute Gasteiger partial charge is 0.422 e. The first-order valence-corrected chi connectivity index (χ1v) is 9.67. The van der Waals surface area contributed by atoms with Gasteiger partial charge in [0.2, 0.25) is 5.78 Å². The molecule has 30 heavy (non-hydrogen) atoms. The van der Waals surface area contributed by atoms with Gasteiger partial charge in [0.05, 0.1) is 15.4 Å². The Hall–Kier alpha value is -3.63. The van der Waals surface area contributed by atoms with E-state index in [1.54, 1.807) is 12.1 Å². The Morgan fingerprint density at radius 1 is 1.07 bits per heavy atom. The third kappa shape index (κ3) is 3.53. The number of nitro groups is 1. The molecule has 2 heterocycles. The van der Waals surface area contributed by atoms with Crippen LogP contribution in [0.15, 0.2) is 65.2 Å². The minimum Gasteiger partial charge on any atom is -0.422 e. The molecule has 2 aromatic carbocycles. The predicted octanol–water partition coefficient (Wildman–Crippen LogP) is 3.48. The van der Waals surface area contributed by atoms with Crippen molar-refractivity contribution in [3.8, 4) is 5.75 Å². The van der Waals surface area contributed by atoms with Crippen LogP contribution in [0.25, 0.3) is 6.08 Å². The van der Waals surface area contributed by atoms with Crippen molar-refractivity contribution in [3.05, 3.63) is 86.5 Å². The van der Waals surface area contributed by atoms with Crippen molar-refractivity contribution in [1.29, 1.82) is 0 Å². The number of carbonyl (C=O) groups excluding carboxylic acids is 3. The van der Waals surface area contributed by atoms with Gasteiger partial charge in [0, 0.05) is 18.3 Å². The molecule has 0 atom stereocenters. The summed E-state index contributed by atoms with van der Waals surface area (Å²) >= 11 is 6.21. The Bertz CT molecular complexity index is 1200. The first kappa shape index (κ1) is 19.7. The van der Waals surface area contributed by atoms with Gasteiger partial charge >= 0.3 is 5.97 Å². The van der Waals surface area contributed by atoms with E-state index in [-0.39, 0.29) is 31.8 Å². The lowest BCUT2D eigenvalue weighted by atomic mass is 10.0. The number of Topliss-reactive ketones (excluding diaryl/α,β-unsaturated/α-hetero) is 1. The van der Waals surface area contributed by atoms with E-state index < -0.39 is 22.6 Å². The summed E-state index contributed by atoms with van der Waals surface area (Å²) in [5.74, 6) is -1.79. The number of esters is 1. The highest BCUT2D eigenvalue weighted by Crippen LogP contribution is 2.35. The summed E-state index contributed by atoms with van der Waals surface area (Å²) in [6, 6.07) is 12.0. The summed E-state index contributed by atoms with van der Waals surface area (Å²) in [5.41, 5.74) is 0.409. The fourth-order valence-electron chi connectivity index (χ4n) is 2.81. The standard InChI is InChI=1S/C20H10N2O6S2/c23-17-13-3-1-2-4-15(13)28-19(25)14(17)10-21-18(24)16(30-20(21)29)9-11-5-7-12(8-6-11)22(26)27/h1-10H/b14-10+,16-9+. The normalized spacial score (nSPS) is 18.7. The molecule has 10 heteroatoms. The number of benzene rings is 2. The number of carbonyl (C=O) groups is 3. The van der Waals surface area contributed by atoms with E-state index in [1.807, 2.05) is 0 Å². The van der Waals surface area contributed by atoms with Gasteiger partial charge in [0.15, 0.2) is 4.32 Å². The molecule has 0 spiro atoms. The molecule has 0 N–H and O–H groups in total. The van der Waals surface area contributed by atoms with Crippen molar-refractivity contribution in [3.63, 3.8) is 0 Å². The van der Waals surface area contributed by atoms with E-state index in [4.69, 9.17) is 17.0 Å². The van der Waals surface area contributed by atoms with Gasteiger partial charge < -0.3 is 4.74 Å². The third-order valence-electron chi connectivity index (χ3n) is 4.28. The first-order chi connectivity index (χ1) is 14.3. The minimum atomic E-state index is -0.868. The maximum absolute atomic E-state index is 12.8. The summed E-state index contributed by atoms with van der Waals surface area (Å²) < 4.78 is 5.30. The van der Waals surface area contributed by atoms with Gasteiger partial charge in [0.25, 0.3) is 11.6 Å². The van der Waals surface area contributed by atoms with Crippen LogP contribution in [0.5, 0.6) is 5.75 Å². The molecule has 1 amide bonds. The molecule has 0 aromatic heterocycles. The zero-order chi connectivity index (χ0) is 21.4. The monoisotopic (exact) mass is 438 g/mol. The van der Waals surface area contributed by atoms with Gasteiger partial charge in [-0.1, -0.05) is 36.1 Å². The Balaban J connectivity index is 1.62. The second kappa shape index (κ2) is 7.65. The molecule has 8 nitrogen and oxygen atoms in total. The number of thioether (sulfide) groups is 1. The number of nitrogens with zero attached hydrogens (tertiary/aromatic N) is 2. The van der Waals surface area contributed by atoms with Crippen LogP contribution in [0.1, 0.15) is 15.9 Å². The van der Waals surface area contributed by atoms with Gasteiger partial charge in [0.1, 0.15) is 11.3 Å². The quantitative estimate of drug-likeness (QED) is 0.136. The predicted molar refractivity (Wildman–Crippen MR) is 113 cm³/mol. The summed E-state index contributed by atoms with van der Waals surface area (Å²) in [4.78, 5) is 49.2. The number of hydrogen-bond acceptors (Lipinski definition) is 8. The maximum atomic E-state index is 12.8. The molecule has 0 saturated carbocycles. The van der Waals surface area contributed by atoms with Gasteiger partial charge in [-0.2, -0.15) is 0 Å². The number of para-hydroxylation sites is 1. The van der Waals surface area contributed by atoms with E-state index in [1.165, 1.54) is 42.5 Å². The smallest absolute Gasteiger partial charge is 0.349 e. The van der Waals surface area contributed by atoms with Crippen LogP contribution in [-0.2, 0) is 9.59 Å². The molecule has 0 bridgehead atoms. The van der Waals surface area contributed by atoms with E-state index in [2.05, 4.69) is 0 Å². The zero-order valence-corrected chi connectivity index (χ0v) is 16.6. The molecular formula is C20H10N2O6S2. The van der Waals surface area contributed by atoms with Crippen molar-refractivity contribution >= 4 is 57.7 Å². The lowest BCUT2D eigenvalue weighted by molar-refractivity contribution is -0.384. The maximum Gasteiger partial charge on any atom is 0.349 e. The average molecular weight is 438 g/mol. The average Bonchev–Trinajstić information content (AvgIpc) is 2.98. The first-order valence-electron chi connectivity index (χ1n) is 8.44. The van der Waals surface area contributed by atoms with Crippen LogP contribution in [0.2, 0.25) is 0 Å². The van der Waals surface area contributed by atoms with Crippen LogP contribution in [0.4, 0.5) is 5.69 Å². The number of ether oxygens (including phenoxy) is 1. The van der Waals surface area contributed by atoms with Crippen molar-refractivity contribution in [2.45, 2.75) is 0 Å². The second-order valence-electron chi connectivity index (χ2n) is 6.16. The van der Waals surface area contributed by atoms with E-state index in [9.17, 15) is 24.5 Å². The van der Waals surface area contributed by atoms with Crippen molar-refractivity contribution in [2.75, 3.05) is 0 Å². The molecule has 0 radical (unpaired) electrons. The molecule has 148 valence electrons. The molecule has 2 aromatic rings. The number of fused-ring (bicyclic) bond motifs is 1. The highest BCUT2D eigenvalue weighted by molar-refractivity contribution is 8.26. The van der Waals surface area contributed by atoms with Crippen LogP contribution in [-0.4, -0.2) is 31.8 Å². The van der Waals surface area contributed by atoms with Crippen molar-refractivity contribution in [2.24, 2.45) is 0 Å². The fraction of sp³-hybridized carbons (Fsp3) is 0. The number of ketones is 1. The molecule has 4 rings (SSSR count). The van der Waals surface area contributed by atoms with Gasteiger partial charge in [-0.3, -0.25) is 24.6 Å². The molecule has 0 aliphatic carbocycles. The van der Waals surface area contributed by atoms with E-state index in [0.717, 1.165) is 22.9 Å². The number of hydrogen-bond donors (Lipinski definition) is 0. The molecule has 1 saturated heterocycles. The number of non-ortho nitro benzene ring substituents is 1. The van der Waals surface area contributed by atoms with Crippen molar-refractivity contribution < 1.29 is 24.0 Å². The van der Waals surface area contributed by atoms with Crippen LogP contribution >= 0.6 is 24.0 Å².